The summed E-state index contributed by atoms with van der Waals surface area (Å²) in [7, 11) is 0. The predicted octanol–water partition coefficient (Wildman–Crippen LogP) is 5.47. The smallest absolute Gasteiger partial charge is 0.143 e. The van der Waals surface area contributed by atoms with Gasteiger partial charge in [0.1, 0.15) is 11.2 Å². The molecule has 0 atom stereocenters. The standard InChI is InChI=1S/C20H13NO/c21-16-7-3-5-13-9-11-17-19(18(13)16)15-10-8-12-4-1-2-6-14(12)20(15)22-17/h1-11H,21H2. The van der Waals surface area contributed by atoms with E-state index < -0.39 is 0 Å². The van der Waals surface area contributed by atoms with Crippen LogP contribution in [0, 0.1) is 0 Å². The van der Waals surface area contributed by atoms with Crippen molar-refractivity contribution in [1.82, 2.24) is 0 Å². The lowest BCUT2D eigenvalue weighted by molar-refractivity contribution is 0.673. The summed E-state index contributed by atoms with van der Waals surface area (Å²) in [6, 6.07) is 22.7. The molecule has 1 aromatic heterocycles. The normalized spacial score (nSPS) is 11.8. The molecule has 22 heavy (non-hydrogen) atoms. The zero-order valence-electron chi connectivity index (χ0n) is 11.8. The number of hydrogen-bond donors (Lipinski definition) is 1. The van der Waals surface area contributed by atoms with Gasteiger partial charge in [0.2, 0.25) is 0 Å². The summed E-state index contributed by atoms with van der Waals surface area (Å²) in [5, 5.41) is 6.77. The maximum Gasteiger partial charge on any atom is 0.143 e. The van der Waals surface area contributed by atoms with Crippen molar-refractivity contribution in [2.45, 2.75) is 0 Å². The van der Waals surface area contributed by atoms with Gasteiger partial charge in [-0.1, -0.05) is 48.5 Å². The first-order valence-electron chi connectivity index (χ1n) is 7.34. The SMILES string of the molecule is Nc1cccc2ccc3oc4c5ccccc5ccc4c3c12. The fourth-order valence-corrected chi connectivity index (χ4v) is 3.40. The van der Waals surface area contributed by atoms with Crippen molar-refractivity contribution in [2.75, 3.05) is 5.73 Å². The highest BCUT2D eigenvalue weighted by Gasteiger charge is 2.13. The molecule has 0 bridgehead atoms. The lowest BCUT2D eigenvalue weighted by Gasteiger charge is -2.03. The van der Waals surface area contributed by atoms with Gasteiger partial charge in [-0.3, -0.25) is 0 Å². The van der Waals surface area contributed by atoms with Gasteiger partial charge in [0, 0.05) is 27.2 Å². The summed E-state index contributed by atoms with van der Waals surface area (Å²) in [6.45, 7) is 0. The van der Waals surface area contributed by atoms with Gasteiger partial charge < -0.3 is 10.2 Å². The lowest BCUT2D eigenvalue weighted by Crippen LogP contribution is -1.86. The van der Waals surface area contributed by atoms with Gasteiger partial charge in [0.25, 0.3) is 0 Å². The second-order valence-electron chi connectivity index (χ2n) is 5.65. The van der Waals surface area contributed by atoms with E-state index in [1.165, 1.54) is 5.39 Å². The van der Waals surface area contributed by atoms with E-state index in [1.807, 2.05) is 30.3 Å². The van der Waals surface area contributed by atoms with E-state index >= 15 is 0 Å². The van der Waals surface area contributed by atoms with E-state index in [4.69, 9.17) is 10.2 Å². The number of benzene rings is 4. The van der Waals surface area contributed by atoms with Gasteiger partial charge in [-0.25, -0.2) is 0 Å². The molecule has 104 valence electrons. The molecular formula is C20H13NO. The van der Waals surface area contributed by atoms with Crippen LogP contribution in [0.2, 0.25) is 0 Å². The van der Waals surface area contributed by atoms with Crippen molar-refractivity contribution in [1.29, 1.82) is 0 Å². The average molecular weight is 283 g/mol. The fourth-order valence-electron chi connectivity index (χ4n) is 3.40. The van der Waals surface area contributed by atoms with Crippen LogP contribution < -0.4 is 5.73 Å². The molecule has 0 aliphatic rings. The van der Waals surface area contributed by atoms with Crippen molar-refractivity contribution in [3.05, 3.63) is 66.7 Å². The first kappa shape index (κ1) is 11.6. The molecule has 0 unspecified atom stereocenters. The summed E-state index contributed by atoms with van der Waals surface area (Å²) in [5.74, 6) is 0. The fraction of sp³-hybridized carbons (Fsp3) is 0. The van der Waals surface area contributed by atoms with Gasteiger partial charge in [-0.2, -0.15) is 0 Å². The minimum Gasteiger partial charge on any atom is -0.455 e. The Morgan fingerprint density at radius 3 is 2.41 bits per heavy atom. The van der Waals surface area contributed by atoms with Crippen LogP contribution in [0.1, 0.15) is 0 Å². The van der Waals surface area contributed by atoms with Crippen LogP contribution in [0.4, 0.5) is 5.69 Å². The molecule has 0 aliphatic carbocycles. The number of furan rings is 1. The number of fused-ring (bicyclic) bond motifs is 7. The van der Waals surface area contributed by atoms with E-state index in [2.05, 4.69) is 36.4 Å². The van der Waals surface area contributed by atoms with Crippen LogP contribution in [0.3, 0.4) is 0 Å². The molecule has 0 radical (unpaired) electrons. The zero-order valence-corrected chi connectivity index (χ0v) is 11.8. The van der Waals surface area contributed by atoms with Crippen molar-refractivity contribution < 1.29 is 4.42 Å². The summed E-state index contributed by atoms with van der Waals surface area (Å²) >= 11 is 0. The third-order valence-electron chi connectivity index (χ3n) is 4.40. The Morgan fingerprint density at radius 2 is 1.45 bits per heavy atom. The van der Waals surface area contributed by atoms with Gasteiger partial charge in [-0.15, -0.1) is 0 Å². The van der Waals surface area contributed by atoms with E-state index in [0.29, 0.717) is 0 Å². The number of hydrogen-bond acceptors (Lipinski definition) is 2. The average Bonchev–Trinajstić information content (AvgIpc) is 2.94. The van der Waals surface area contributed by atoms with E-state index in [9.17, 15) is 0 Å². The topological polar surface area (TPSA) is 39.2 Å². The predicted molar refractivity (Wildman–Crippen MR) is 93.1 cm³/mol. The summed E-state index contributed by atoms with van der Waals surface area (Å²) in [5.41, 5.74) is 8.85. The van der Waals surface area contributed by atoms with Crippen LogP contribution in [0.25, 0.3) is 43.5 Å². The largest absolute Gasteiger partial charge is 0.455 e. The van der Waals surface area contributed by atoms with Gasteiger partial charge in [0.05, 0.1) is 0 Å². The quantitative estimate of drug-likeness (QED) is 0.382. The Balaban J connectivity index is 2.12. The van der Waals surface area contributed by atoms with Crippen LogP contribution >= 0.6 is 0 Å². The monoisotopic (exact) mass is 283 g/mol. The van der Waals surface area contributed by atoms with Crippen LogP contribution in [0.15, 0.2) is 71.1 Å². The first-order chi connectivity index (χ1) is 10.8. The van der Waals surface area contributed by atoms with Crippen molar-refractivity contribution >= 4 is 49.2 Å². The van der Waals surface area contributed by atoms with Crippen molar-refractivity contribution in [2.24, 2.45) is 0 Å². The summed E-state index contributed by atoms with van der Waals surface area (Å²) in [4.78, 5) is 0. The number of nitrogens with two attached hydrogens (primary N) is 1. The summed E-state index contributed by atoms with van der Waals surface area (Å²) < 4.78 is 6.17. The molecule has 5 aromatic rings. The molecule has 4 aromatic carbocycles. The maximum atomic E-state index is 6.24. The Labute approximate surface area is 126 Å². The van der Waals surface area contributed by atoms with Crippen molar-refractivity contribution in [3.8, 4) is 0 Å². The molecule has 2 N–H and O–H groups in total. The number of anilines is 1. The Morgan fingerprint density at radius 1 is 0.636 bits per heavy atom. The number of nitrogen functional groups attached to an aromatic ring is 1. The molecule has 0 fully saturated rings. The van der Waals surface area contributed by atoms with Crippen LogP contribution in [-0.4, -0.2) is 0 Å². The second kappa shape index (κ2) is 4.01. The second-order valence-corrected chi connectivity index (χ2v) is 5.65. The molecular weight excluding hydrogens is 270 g/mol. The third kappa shape index (κ3) is 1.39. The Bertz CT molecular complexity index is 1180. The van der Waals surface area contributed by atoms with E-state index in [0.717, 1.165) is 43.8 Å². The highest BCUT2D eigenvalue weighted by atomic mass is 16.3. The minimum absolute atomic E-state index is 0.791. The lowest BCUT2D eigenvalue weighted by atomic mass is 10.0. The highest BCUT2D eigenvalue weighted by Crippen LogP contribution is 2.39. The van der Waals surface area contributed by atoms with E-state index in [-0.39, 0.29) is 0 Å². The van der Waals surface area contributed by atoms with Crippen LogP contribution in [-0.2, 0) is 0 Å². The summed E-state index contributed by atoms with van der Waals surface area (Å²) in [6.07, 6.45) is 0. The molecule has 5 rings (SSSR count). The minimum atomic E-state index is 0.791. The van der Waals surface area contributed by atoms with Crippen LogP contribution in [0.5, 0.6) is 0 Å². The highest BCUT2D eigenvalue weighted by molar-refractivity contribution is 6.25. The third-order valence-corrected chi connectivity index (χ3v) is 4.40. The molecule has 0 saturated carbocycles. The van der Waals surface area contributed by atoms with Gasteiger partial charge in [0.15, 0.2) is 0 Å². The molecule has 0 saturated heterocycles. The number of rotatable bonds is 0. The zero-order chi connectivity index (χ0) is 14.7. The molecule has 2 heteroatoms. The van der Waals surface area contributed by atoms with Crippen molar-refractivity contribution in [3.63, 3.8) is 0 Å². The Hall–Kier alpha value is -3.00. The first-order valence-corrected chi connectivity index (χ1v) is 7.34. The Kier molecular flexibility index (Phi) is 2.12. The van der Waals surface area contributed by atoms with Gasteiger partial charge in [-0.05, 0) is 29.0 Å². The van der Waals surface area contributed by atoms with Gasteiger partial charge >= 0.3 is 0 Å². The molecule has 0 amide bonds. The molecule has 1 heterocycles. The van der Waals surface area contributed by atoms with E-state index in [1.54, 1.807) is 0 Å². The molecule has 0 spiro atoms. The maximum absolute atomic E-state index is 6.24. The molecule has 0 aliphatic heterocycles. The molecule has 2 nitrogen and oxygen atoms in total.